The maximum atomic E-state index is 12.7. The number of hydrogen-bond acceptors (Lipinski definition) is 7. The summed E-state index contributed by atoms with van der Waals surface area (Å²) in [5.41, 5.74) is 2.82. The normalized spacial score (nSPS) is 29.0. The van der Waals surface area contributed by atoms with Crippen LogP contribution in [0, 0.1) is 5.41 Å². The van der Waals surface area contributed by atoms with E-state index in [9.17, 15) is 9.59 Å². The van der Waals surface area contributed by atoms with E-state index in [1.54, 1.807) is 0 Å². The van der Waals surface area contributed by atoms with Gasteiger partial charge in [0.1, 0.15) is 0 Å². The van der Waals surface area contributed by atoms with Crippen LogP contribution in [0.1, 0.15) is 51.2 Å². The summed E-state index contributed by atoms with van der Waals surface area (Å²) >= 11 is 0. The van der Waals surface area contributed by atoms with Crippen LogP contribution >= 0.6 is 0 Å². The molecule has 5 rings (SSSR count). The summed E-state index contributed by atoms with van der Waals surface area (Å²) in [6.07, 6.45) is 1.71. The molecule has 30 heavy (non-hydrogen) atoms. The molecular formula is C23H27NO6. The first-order valence-electron chi connectivity index (χ1n) is 10.5. The third-order valence-electron chi connectivity index (χ3n) is 6.38. The zero-order valence-corrected chi connectivity index (χ0v) is 17.8. The van der Waals surface area contributed by atoms with Gasteiger partial charge in [-0.15, -0.1) is 0 Å². The number of benzene rings is 1. The molecular weight excluding hydrogens is 386 g/mol. The van der Waals surface area contributed by atoms with E-state index >= 15 is 0 Å². The molecule has 0 N–H and O–H groups in total. The Hall–Kier alpha value is -2.54. The number of rotatable bonds is 2. The topological polar surface area (TPSA) is 74.3 Å². The van der Waals surface area contributed by atoms with Crippen molar-refractivity contribution < 1.29 is 28.5 Å². The number of nitrogens with zero attached hydrogens (tertiary/aromatic N) is 1. The van der Waals surface area contributed by atoms with Gasteiger partial charge >= 0.3 is 11.9 Å². The molecule has 160 valence electrons. The van der Waals surface area contributed by atoms with E-state index in [0.717, 1.165) is 36.4 Å². The largest absolute Gasteiger partial charge is 0.458 e. The highest BCUT2D eigenvalue weighted by atomic mass is 16.7. The molecule has 0 radical (unpaired) electrons. The van der Waals surface area contributed by atoms with Crippen LogP contribution in [-0.2, 0) is 25.6 Å². The standard InChI is InChI=1S/C23H27NO6/c1-12(25)29-21-18(30-22(26)23(2,3)4)7-13-5-6-24-10-14-8-16-17(28-11-27-16)9-15(14)19(21)20(13)24/h7-9,18-21H,5-6,10-11H2,1-4H3/t18-,19-,20+,21+/m0/s1. The summed E-state index contributed by atoms with van der Waals surface area (Å²) in [5.74, 6) is 0.633. The minimum atomic E-state index is -0.645. The Morgan fingerprint density at radius 2 is 1.87 bits per heavy atom. The van der Waals surface area contributed by atoms with Crippen molar-refractivity contribution in [1.82, 2.24) is 4.90 Å². The fraction of sp³-hybridized carbons (Fsp3) is 0.565. The van der Waals surface area contributed by atoms with Gasteiger partial charge in [-0.3, -0.25) is 14.5 Å². The van der Waals surface area contributed by atoms with Crippen molar-refractivity contribution in [3.05, 3.63) is 34.9 Å². The van der Waals surface area contributed by atoms with E-state index in [1.165, 1.54) is 12.5 Å². The lowest BCUT2D eigenvalue weighted by Crippen LogP contribution is -2.52. The molecule has 0 aromatic heterocycles. The zero-order chi connectivity index (χ0) is 21.2. The first-order chi connectivity index (χ1) is 14.2. The van der Waals surface area contributed by atoms with Crippen molar-refractivity contribution in [2.45, 2.75) is 64.8 Å². The highest BCUT2D eigenvalue weighted by Gasteiger charge is 2.52. The van der Waals surface area contributed by atoms with Gasteiger partial charge in [0.2, 0.25) is 6.79 Å². The average Bonchev–Trinajstić information content (AvgIpc) is 3.28. The van der Waals surface area contributed by atoms with Crippen LogP contribution in [0.5, 0.6) is 11.5 Å². The quantitative estimate of drug-likeness (QED) is 0.545. The van der Waals surface area contributed by atoms with Gasteiger partial charge < -0.3 is 18.9 Å². The first-order valence-corrected chi connectivity index (χ1v) is 10.5. The maximum absolute atomic E-state index is 12.7. The molecule has 1 aromatic rings. The van der Waals surface area contributed by atoms with Gasteiger partial charge in [0.25, 0.3) is 0 Å². The van der Waals surface area contributed by atoms with Crippen molar-refractivity contribution in [2.24, 2.45) is 5.41 Å². The van der Waals surface area contributed by atoms with Crippen LogP contribution in [0.25, 0.3) is 0 Å². The molecule has 1 fully saturated rings. The SMILES string of the molecule is CC(=O)O[C@H]1[C@H]2c3cc4c(cc3CN3CCC(=C[C@@H]1OC(=O)C(C)(C)C)[C@H]23)OCO4. The Balaban J connectivity index is 1.60. The van der Waals surface area contributed by atoms with E-state index in [4.69, 9.17) is 18.9 Å². The van der Waals surface area contributed by atoms with Gasteiger partial charge in [0.05, 0.1) is 5.41 Å². The van der Waals surface area contributed by atoms with E-state index < -0.39 is 17.6 Å². The summed E-state index contributed by atoms with van der Waals surface area (Å²) in [4.78, 5) is 27.2. The molecule has 3 aliphatic heterocycles. The fourth-order valence-corrected chi connectivity index (χ4v) is 5.05. The molecule has 0 unspecified atom stereocenters. The smallest absolute Gasteiger partial charge is 0.311 e. The van der Waals surface area contributed by atoms with Crippen molar-refractivity contribution in [3.63, 3.8) is 0 Å². The second-order valence-electron chi connectivity index (χ2n) is 9.53. The molecule has 0 bridgehead atoms. The summed E-state index contributed by atoms with van der Waals surface area (Å²) in [7, 11) is 0. The third kappa shape index (κ3) is 3.07. The van der Waals surface area contributed by atoms with Crippen molar-refractivity contribution in [1.29, 1.82) is 0 Å². The number of carbonyl (C=O) groups excluding carboxylic acids is 2. The highest BCUT2D eigenvalue weighted by molar-refractivity contribution is 5.76. The Morgan fingerprint density at radius 3 is 2.57 bits per heavy atom. The van der Waals surface area contributed by atoms with Gasteiger partial charge in [0.15, 0.2) is 23.7 Å². The predicted molar refractivity (Wildman–Crippen MR) is 107 cm³/mol. The fourth-order valence-electron chi connectivity index (χ4n) is 5.05. The van der Waals surface area contributed by atoms with E-state index in [0.29, 0.717) is 5.75 Å². The van der Waals surface area contributed by atoms with Crippen molar-refractivity contribution >= 4 is 11.9 Å². The summed E-state index contributed by atoms with van der Waals surface area (Å²) in [5, 5.41) is 0. The molecule has 4 aliphatic rings. The highest BCUT2D eigenvalue weighted by Crippen LogP contribution is 2.51. The predicted octanol–water partition coefficient (Wildman–Crippen LogP) is 2.92. The molecule has 1 aliphatic carbocycles. The Labute approximate surface area is 175 Å². The minimum Gasteiger partial charge on any atom is -0.458 e. The second kappa shape index (κ2) is 6.74. The number of hydrogen-bond donors (Lipinski definition) is 0. The van der Waals surface area contributed by atoms with Crippen LogP contribution in [0.2, 0.25) is 0 Å². The van der Waals surface area contributed by atoms with E-state index in [1.807, 2.05) is 39.0 Å². The zero-order valence-electron chi connectivity index (χ0n) is 17.8. The van der Waals surface area contributed by atoms with Gasteiger partial charge in [-0.2, -0.15) is 0 Å². The molecule has 0 saturated carbocycles. The minimum absolute atomic E-state index is 0.131. The third-order valence-corrected chi connectivity index (χ3v) is 6.38. The first kappa shape index (κ1) is 19.4. The number of ether oxygens (including phenoxy) is 4. The lowest BCUT2D eigenvalue weighted by molar-refractivity contribution is -0.172. The molecule has 1 saturated heterocycles. The van der Waals surface area contributed by atoms with Gasteiger partial charge in [0, 0.05) is 32.0 Å². The monoisotopic (exact) mass is 413 g/mol. The summed E-state index contributed by atoms with van der Waals surface area (Å²) in [6, 6.07) is 4.18. The van der Waals surface area contributed by atoms with Crippen LogP contribution in [0.4, 0.5) is 0 Å². The lowest BCUT2D eigenvalue weighted by Gasteiger charge is -2.46. The number of esters is 2. The molecule has 0 spiro atoms. The maximum Gasteiger partial charge on any atom is 0.311 e. The van der Waals surface area contributed by atoms with Gasteiger partial charge in [-0.25, -0.2) is 0 Å². The lowest BCUT2D eigenvalue weighted by atomic mass is 9.73. The molecule has 7 heteroatoms. The van der Waals surface area contributed by atoms with Gasteiger partial charge in [-0.05, 0) is 56.5 Å². The van der Waals surface area contributed by atoms with Crippen LogP contribution in [0.3, 0.4) is 0 Å². The molecule has 0 amide bonds. The molecule has 4 atom stereocenters. The Bertz CT molecular complexity index is 946. The average molecular weight is 413 g/mol. The van der Waals surface area contributed by atoms with E-state index in [-0.39, 0.29) is 30.7 Å². The van der Waals surface area contributed by atoms with Crippen molar-refractivity contribution in [3.8, 4) is 11.5 Å². The molecule has 7 nitrogen and oxygen atoms in total. The van der Waals surface area contributed by atoms with Gasteiger partial charge in [-0.1, -0.05) is 5.57 Å². The Kier molecular flexibility index (Phi) is 4.36. The van der Waals surface area contributed by atoms with Crippen LogP contribution in [0.15, 0.2) is 23.8 Å². The molecule has 1 aromatic carbocycles. The summed E-state index contributed by atoms with van der Waals surface area (Å²) in [6.45, 7) is 8.81. The Morgan fingerprint density at radius 1 is 1.13 bits per heavy atom. The van der Waals surface area contributed by atoms with Crippen LogP contribution < -0.4 is 9.47 Å². The second-order valence-corrected chi connectivity index (χ2v) is 9.53. The molecule has 3 heterocycles. The summed E-state index contributed by atoms with van der Waals surface area (Å²) < 4.78 is 22.9. The van der Waals surface area contributed by atoms with Crippen molar-refractivity contribution in [2.75, 3.05) is 13.3 Å². The van der Waals surface area contributed by atoms with E-state index in [2.05, 4.69) is 4.90 Å². The number of carbonyl (C=O) groups is 2. The van der Waals surface area contributed by atoms with Crippen LogP contribution in [-0.4, -0.2) is 48.4 Å². The number of fused-ring (bicyclic) bond motifs is 3.